The number of nitrogens with zero attached hydrogens (tertiary/aromatic N) is 3. The molecule has 5 heteroatoms. The van der Waals surface area contributed by atoms with Crippen LogP contribution in [-0.4, -0.2) is 40.8 Å². The van der Waals surface area contributed by atoms with Crippen LogP contribution < -0.4 is 5.32 Å². The summed E-state index contributed by atoms with van der Waals surface area (Å²) in [6.45, 7) is 6.44. The summed E-state index contributed by atoms with van der Waals surface area (Å²) in [7, 11) is 0. The molecule has 1 N–H and O–H groups in total. The third-order valence-electron chi connectivity index (χ3n) is 2.94. The maximum absolute atomic E-state index is 4.13. The first-order valence-electron chi connectivity index (χ1n) is 5.61. The van der Waals surface area contributed by atoms with Crippen molar-refractivity contribution in [2.45, 2.75) is 25.9 Å². The van der Waals surface area contributed by atoms with E-state index in [9.17, 15) is 0 Å². The van der Waals surface area contributed by atoms with Crippen LogP contribution in [0.1, 0.15) is 19.0 Å². The number of hydrogen-bond acceptors (Lipinski definition) is 4. The molecule has 1 aliphatic rings. The average molecular weight is 243 g/mol. The number of rotatable bonds is 3. The van der Waals surface area contributed by atoms with Crippen molar-refractivity contribution < 1.29 is 0 Å². The van der Waals surface area contributed by atoms with Crippen molar-refractivity contribution in [1.29, 1.82) is 0 Å². The number of piperazine rings is 1. The Morgan fingerprint density at radius 1 is 1.56 bits per heavy atom. The standard InChI is InChI=1S/C11H18N4.ClH/c1-2-11-8-12-6-7-15(11)9-10-4-3-5-13-14-10;/h3-5,11-12H,2,6-9H2,1H3;1H. The van der Waals surface area contributed by atoms with E-state index in [1.54, 1.807) is 6.20 Å². The minimum Gasteiger partial charge on any atom is -0.314 e. The highest BCUT2D eigenvalue weighted by Crippen LogP contribution is 2.10. The van der Waals surface area contributed by atoms with Crippen molar-refractivity contribution in [2.75, 3.05) is 19.6 Å². The van der Waals surface area contributed by atoms with Gasteiger partial charge in [-0.3, -0.25) is 4.90 Å². The first-order valence-corrected chi connectivity index (χ1v) is 5.61. The molecule has 4 nitrogen and oxygen atoms in total. The topological polar surface area (TPSA) is 41.0 Å². The number of nitrogens with one attached hydrogen (secondary N) is 1. The summed E-state index contributed by atoms with van der Waals surface area (Å²) in [5.74, 6) is 0. The van der Waals surface area contributed by atoms with E-state index in [4.69, 9.17) is 0 Å². The summed E-state index contributed by atoms with van der Waals surface area (Å²) < 4.78 is 0. The Morgan fingerprint density at radius 3 is 3.12 bits per heavy atom. The van der Waals surface area contributed by atoms with Crippen molar-refractivity contribution in [2.24, 2.45) is 0 Å². The lowest BCUT2D eigenvalue weighted by atomic mass is 10.1. The first kappa shape index (κ1) is 13.4. The highest BCUT2D eigenvalue weighted by molar-refractivity contribution is 5.85. The van der Waals surface area contributed by atoms with Gasteiger partial charge in [0.15, 0.2) is 0 Å². The van der Waals surface area contributed by atoms with E-state index >= 15 is 0 Å². The molecule has 1 fully saturated rings. The lowest BCUT2D eigenvalue weighted by Crippen LogP contribution is -2.50. The number of hydrogen-bond donors (Lipinski definition) is 1. The molecule has 0 amide bonds. The van der Waals surface area contributed by atoms with Crippen LogP contribution in [0.25, 0.3) is 0 Å². The van der Waals surface area contributed by atoms with Crippen LogP contribution in [0.3, 0.4) is 0 Å². The Bertz CT molecular complexity index is 293. The van der Waals surface area contributed by atoms with E-state index in [-0.39, 0.29) is 12.4 Å². The molecule has 0 saturated carbocycles. The lowest BCUT2D eigenvalue weighted by molar-refractivity contribution is 0.147. The fourth-order valence-electron chi connectivity index (χ4n) is 2.04. The summed E-state index contributed by atoms with van der Waals surface area (Å²) in [6, 6.07) is 4.63. The van der Waals surface area contributed by atoms with Gasteiger partial charge < -0.3 is 5.32 Å². The van der Waals surface area contributed by atoms with Gasteiger partial charge in [-0.15, -0.1) is 12.4 Å². The van der Waals surface area contributed by atoms with Gasteiger partial charge in [-0.25, -0.2) is 0 Å². The van der Waals surface area contributed by atoms with Gasteiger partial charge in [-0.2, -0.15) is 10.2 Å². The molecule has 1 aromatic heterocycles. The van der Waals surface area contributed by atoms with Crippen LogP contribution in [0.4, 0.5) is 0 Å². The molecule has 0 aromatic carbocycles. The van der Waals surface area contributed by atoms with Crippen LogP contribution in [0.5, 0.6) is 0 Å². The van der Waals surface area contributed by atoms with Crippen LogP contribution in [0.15, 0.2) is 18.3 Å². The minimum atomic E-state index is 0. The second-order valence-corrected chi connectivity index (χ2v) is 3.95. The average Bonchev–Trinajstić information content (AvgIpc) is 2.31. The highest BCUT2D eigenvalue weighted by Gasteiger charge is 2.20. The highest BCUT2D eigenvalue weighted by atomic mass is 35.5. The summed E-state index contributed by atoms with van der Waals surface area (Å²) in [5.41, 5.74) is 1.07. The third kappa shape index (κ3) is 3.40. The van der Waals surface area contributed by atoms with Gasteiger partial charge in [0.1, 0.15) is 0 Å². The predicted octanol–water partition coefficient (Wildman–Crippen LogP) is 1.08. The Kier molecular flexibility index (Phi) is 5.66. The van der Waals surface area contributed by atoms with E-state index in [1.807, 2.05) is 12.1 Å². The van der Waals surface area contributed by atoms with E-state index < -0.39 is 0 Å². The molecule has 0 radical (unpaired) electrons. The fourth-order valence-corrected chi connectivity index (χ4v) is 2.04. The van der Waals surface area contributed by atoms with Gasteiger partial charge in [0.05, 0.1) is 5.69 Å². The van der Waals surface area contributed by atoms with Crippen LogP contribution >= 0.6 is 12.4 Å². The smallest absolute Gasteiger partial charge is 0.0771 e. The number of aromatic nitrogens is 2. The second-order valence-electron chi connectivity index (χ2n) is 3.95. The van der Waals surface area contributed by atoms with Gasteiger partial charge in [0, 0.05) is 38.4 Å². The quantitative estimate of drug-likeness (QED) is 0.862. The number of halogens is 1. The molecule has 90 valence electrons. The SMILES string of the molecule is CCC1CNCCN1Cc1cccnn1.Cl. The van der Waals surface area contributed by atoms with Crippen LogP contribution in [-0.2, 0) is 6.54 Å². The van der Waals surface area contributed by atoms with Gasteiger partial charge in [-0.05, 0) is 18.6 Å². The maximum atomic E-state index is 4.13. The second kappa shape index (κ2) is 6.78. The zero-order chi connectivity index (χ0) is 10.5. The van der Waals surface area contributed by atoms with Gasteiger partial charge in [-0.1, -0.05) is 6.92 Å². The summed E-state index contributed by atoms with van der Waals surface area (Å²) >= 11 is 0. The third-order valence-corrected chi connectivity index (χ3v) is 2.94. The predicted molar refractivity (Wildman–Crippen MR) is 66.6 cm³/mol. The fraction of sp³-hybridized carbons (Fsp3) is 0.636. The molecule has 16 heavy (non-hydrogen) atoms. The summed E-state index contributed by atoms with van der Waals surface area (Å²) in [6.07, 6.45) is 2.91. The molecule has 2 rings (SSSR count). The normalized spacial score (nSPS) is 21.4. The molecule has 1 atom stereocenters. The molecule has 1 aromatic rings. The summed E-state index contributed by atoms with van der Waals surface area (Å²) in [5, 5.41) is 11.5. The molecular formula is C11H19ClN4. The Balaban J connectivity index is 0.00000128. The van der Waals surface area contributed by atoms with Gasteiger partial charge in [0.2, 0.25) is 0 Å². The van der Waals surface area contributed by atoms with Crippen molar-refractivity contribution in [3.05, 3.63) is 24.0 Å². The Morgan fingerprint density at radius 2 is 2.44 bits per heavy atom. The first-order chi connectivity index (χ1) is 7.40. The van der Waals surface area contributed by atoms with Gasteiger partial charge in [0.25, 0.3) is 0 Å². The zero-order valence-corrected chi connectivity index (χ0v) is 10.4. The molecule has 1 aliphatic heterocycles. The van der Waals surface area contributed by atoms with Crippen molar-refractivity contribution in [1.82, 2.24) is 20.4 Å². The van der Waals surface area contributed by atoms with E-state index in [2.05, 4.69) is 27.3 Å². The minimum absolute atomic E-state index is 0. The van der Waals surface area contributed by atoms with Crippen molar-refractivity contribution >= 4 is 12.4 Å². The maximum Gasteiger partial charge on any atom is 0.0771 e. The molecule has 0 bridgehead atoms. The van der Waals surface area contributed by atoms with Crippen molar-refractivity contribution in [3.8, 4) is 0 Å². The van der Waals surface area contributed by atoms with E-state index in [0.717, 1.165) is 31.9 Å². The van der Waals surface area contributed by atoms with Crippen LogP contribution in [0, 0.1) is 0 Å². The lowest BCUT2D eigenvalue weighted by Gasteiger charge is -2.35. The monoisotopic (exact) mass is 242 g/mol. The summed E-state index contributed by atoms with van der Waals surface area (Å²) in [4.78, 5) is 2.49. The van der Waals surface area contributed by atoms with Crippen LogP contribution in [0.2, 0.25) is 0 Å². The molecule has 1 saturated heterocycles. The molecule has 2 heterocycles. The molecular weight excluding hydrogens is 224 g/mol. The molecule has 0 aliphatic carbocycles. The zero-order valence-electron chi connectivity index (χ0n) is 9.59. The Hall–Kier alpha value is -0.710. The molecule has 0 spiro atoms. The van der Waals surface area contributed by atoms with Crippen molar-refractivity contribution in [3.63, 3.8) is 0 Å². The van der Waals surface area contributed by atoms with E-state index in [1.165, 1.54) is 6.42 Å². The Labute approximate surface area is 103 Å². The molecule has 1 unspecified atom stereocenters. The van der Waals surface area contributed by atoms with E-state index in [0.29, 0.717) is 6.04 Å². The van der Waals surface area contributed by atoms with Gasteiger partial charge >= 0.3 is 0 Å². The largest absolute Gasteiger partial charge is 0.314 e.